The molecular weight excluding hydrogens is 953 g/mol. The van der Waals surface area contributed by atoms with Crippen molar-refractivity contribution in [3.05, 3.63) is 24.3 Å². The van der Waals surface area contributed by atoms with Gasteiger partial charge in [0.1, 0.15) is 11.9 Å². The summed E-state index contributed by atoms with van der Waals surface area (Å²) >= 11 is 0. The second-order valence-electron chi connectivity index (χ2n) is 26.3. The van der Waals surface area contributed by atoms with Gasteiger partial charge in [-0.15, -0.1) is 0 Å². The lowest BCUT2D eigenvalue weighted by Gasteiger charge is -2.51. The number of carbonyl (C=O) groups is 4. The summed E-state index contributed by atoms with van der Waals surface area (Å²) in [7, 11) is -4.03. The molecule has 4 rings (SSSR count). The van der Waals surface area contributed by atoms with Gasteiger partial charge in [0.15, 0.2) is 16.6 Å². The number of Topliss-reactive ketones (excluding diaryl/α,β-unsaturated/α-hetero) is 1. The lowest BCUT2D eigenvalue weighted by atomic mass is 9.62. The zero-order chi connectivity index (χ0) is 54.8. The molecular formula is C60H108O11Si2. The fourth-order valence-electron chi connectivity index (χ4n) is 12.0. The first-order valence-electron chi connectivity index (χ1n) is 29.2. The number of esters is 1. The van der Waals surface area contributed by atoms with E-state index in [9.17, 15) is 29.4 Å². The molecule has 0 aromatic carbocycles. The van der Waals surface area contributed by atoms with Gasteiger partial charge < -0.3 is 34.0 Å². The standard InChI is InChI=1S/C37H70O6Si2.C23H38O5/c1-13-24-37(25-19-26-37)33(43-45(11,12)36(6,7)8)22-18-21-30-29(20-16-14-15-17-23-34(39)40)31(41-28(2)38)27-32(30)42-44(9,10)35(3,4)5;1-2-13-23(14-8-15-23)21(26)11-7-10-18-17(19(24)16-20(18)25)9-5-3-4-6-12-22(27)28/h18,21,29-33H,13-17,19-20,22-27H2,1-12H3,(H,39,40);7,10,17-18,20-21,25-26H,2-6,8-9,11-16H2,1H3,(H,27,28)/b21-18+;10-7+/t29-,30-,31?,32-,33?;17-,18+,20+,21?/m10/s1. The number of aliphatic hydroxyl groups is 2. The van der Waals surface area contributed by atoms with Crippen LogP contribution in [0.4, 0.5) is 0 Å². The number of carboxylic acid groups (broad SMARTS) is 2. The molecule has 9 atom stereocenters. The van der Waals surface area contributed by atoms with E-state index in [2.05, 4.69) is 93.7 Å². The van der Waals surface area contributed by atoms with E-state index >= 15 is 0 Å². The molecule has 0 amide bonds. The van der Waals surface area contributed by atoms with Crippen molar-refractivity contribution in [1.29, 1.82) is 0 Å². The number of carboxylic acids is 2. The first-order chi connectivity index (χ1) is 34.0. The fourth-order valence-corrected chi connectivity index (χ4v) is 14.8. The molecule has 0 radical (unpaired) electrons. The van der Waals surface area contributed by atoms with Crippen LogP contribution in [0.15, 0.2) is 24.3 Å². The summed E-state index contributed by atoms with van der Waals surface area (Å²) in [5.74, 6) is -1.52. The second kappa shape index (κ2) is 29.5. The highest BCUT2D eigenvalue weighted by molar-refractivity contribution is 6.74. The van der Waals surface area contributed by atoms with Crippen LogP contribution in [0, 0.1) is 34.5 Å². The lowest BCUT2D eigenvalue weighted by Crippen LogP contribution is -2.51. The van der Waals surface area contributed by atoms with Gasteiger partial charge >= 0.3 is 17.9 Å². The summed E-state index contributed by atoms with van der Waals surface area (Å²) in [6.45, 7) is 29.3. The van der Waals surface area contributed by atoms with Gasteiger partial charge in [-0.2, -0.15) is 0 Å². The Kier molecular flexibility index (Phi) is 26.4. The minimum atomic E-state index is -2.07. The van der Waals surface area contributed by atoms with E-state index in [-0.39, 0.29) is 100 Å². The van der Waals surface area contributed by atoms with Crippen molar-refractivity contribution in [2.75, 3.05) is 0 Å². The molecule has 422 valence electrons. The SMILES string of the molecule is CCCC1(C(C/C=C/[C@H]2[C@H](O[Si](C)(C)C(C)(C)C)CC(OC(C)=O)[C@@H]2CCCCCCC(=O)O)O[Si](C)(C)C(C)(C)C)CCC1.CCCC1(C(O)C/C=C/[C@H]2[C@H](O)CC(=O)[C@H]2CCCCCCC(=O)O)CCC1. The van der Waals surface area contributed by atoms with Crippen LogP contribution < -0.4 is 0 Å². The monoisotopic (exact) mass is 1060 g/mol. The molecule has 0 aliphatic heterocycles. The third kappa shape index (κ3) is 19.7. The maximum atomic E-state index is 12.3. The number of hydrogen-bond donors (Lipinski definition) is 4. The number of ether oxygens (including phenoxy) is 1. The van der Waals surface area contributed by atoms with E-state index in [1.807, 2.05) is 12.2 Å². The number of aliphatic hydroxyl groups excluding tert-OH is 2. The zero-order valence-electron chi connectivity index (χ0n) is 48.5. The first kappa shape index (κ1) is 65.1. The lowest BCUT2D eigenvalue weighted by molar-refractivity contribution is -0.148. The van der Waals surface area contributed by atoms with E-state index in [0.29, 0.717) is 19.3 Å². The molecule has 0 aromatic rings. The number of unbranched alkanes of at least 4 members (excludes halogenated alkanes) is 6. The summed E-state index contributed by atoms with van der Waals surface area (Å²) in [5, 5.41) is 38.9. The van der Waals surface area contributed by atoms with Crippen molar-refractivity contribution >= 4 is 40.3 Å². The van der Waals surface area contributed by atoms with Crippen LogP contribution in [0.5, 0.6) is 0 Å². The molecule has 4 aliphatic carbocycles. The molecule has 4 saturated carbocycles. The second-order valence-corrected chi connectivity index (χ2v) is 35.8. The minimum absolute atomic E-state index is 0.0107. The normalized spacial score (nSPS) is 26.0. The van der Waals surface area contributed by atoms with Crippen molar-refractivity contribution in [1.82, 2.24) is 0 Å². The Labute approximate surface area is 446 Å². The quantitative estimate of drug-likeness (QED) is 0.0225. The molecule has 0 spiro atoms. The van der Waals surface area contributed by atoms with Crippen LogP contribution in [-0.2, 0) is 32.8 Å². The molecule has 11 nitrogen and oxygen atoms in total. The molecule has 4 fully saturated rings. The van der Waals surface area contributed by atoms with E-state index in [1.165, 1.54) is 45.4 Å². The van der Waals surface area contributed by atoms with Crippen molar-refractivity contribution in [2.45, 2.75) is 296 Å². The van der Waals surface area contributed by atoms with E-state index in [0.717, 1.165) is 89.9 Å². The molecule has 73 heavy (non-hydrogen) atoms. The topological polar surface area (TPSA) is 177 Å². The average Bonchev–Trinajstić information content (AvgIpc) is 3.69. The number of carbonyl (C=O) groups excluding carboxylic acids is 2. The third-order valence-electron chi connectivity index (χ3n) is 18.8. The summed E-state index contributed by atoms with van der Waals surface area (Å²) in [6.07, 6.45) is 31.2. The zero-order valence-corrected chi connectivity index (χ0v) is 50.5. The largest absolute Gasteiger partial charge is 0.481 e. The van der Waals surface area contributed by atoms with Gasteiger partial charge in [-0.05, 0) is 124 Å². The van der Waals surface area contributed by atoms with Crippen LogP contribution >= 0.6 is 0 Å². The Morgan fingerprint density at radius 3 is 1.67 bits per heavy atom. The highest BCUT2D eigenvalue weighted by Gasteiger charge is 2.51. The van der Waals surface area contributed by atoms with Crippen LogP contribution in [0.25, 0.3) is 0 Å². The van der Waals surface area contributed by atoms with Crippen LogP contribution in [0.3, 0.4) is 0 Å². The Morgan fingerprint density at radius 1 is 0.699 bits per heavy atom. The summed E-state index contributed by atoms with van der Waals surface area (Å²) < 4.78 is 20.4. The first-order valence-corrected chi connectivity index (χ1v) is 35.1. The highest BCUT2D eigenvalue weighted by atomic mass is 28.4. The summed E-state index contributed by atoms with van der Waals surface area (Å²) in [4.78, 5) is 46.1. The molecule has 13 heteroatoms. The van der Waals surface area contributed by atoms with Gasteiger partial charge in [0.25, 0.3) is 0 Å². The Hall–Kier alpha value is -2.17. The van der Waals surface area contributed by atoms with Crippen LogP contribution in [0.2, 0.25) is 36.3 Å². The third-order valence-corrected chi connectivity index (χ3v) is 27.7. The van der Waals surface area contributed by atoms with Crippen molar-refractivity contribution in [3.8, 4) is 0 Å². The Balaban J connectivity index is 0.000000429. The molecule has 0 bridgehead atoms. The molecule has 0 aromatic heterocycles. The Bertz CT molecular complexity index is 1750. The summed E-state index contributed by atoms with van der Waals surface area (Å²) in [6, 6.07) is 0. The van der Waals surface area contributed by atoms with Gasteiger partial charge in [0, 0.05) is 56.3 Å². The number of ketones is 1. The highest BCUT2D eigenvalue weighted by Crippen LogP contribution is 2.53. The molecule has 4 aliphatic rings. The predicted octanol–water partition coefficient (Wildman–Crippen LogP) is 14.9. The number of rotatable bonds is 31. The van der Waals surface area contributed by atoms with Gasteiger partial charge in [-0.25, -0.2) is 0 Å². The molecule has 0 saturated heterocycles. The minimum Gasteiger partial charge on any atom is -0.481 e. The molecule has 4 N–H and O–H groups in total. The van der Waals surface area contributed by atoms with Crippen LogP contribution in [0.1, 0.15) is 229 Å². The maximum Gasteiger partial charge on any atom is 0.303 e. The average molecular weight is 1060 g/mol. The fraction of sp³-hybridized carbons (Fsp3) is 0.867. The van der Waals surface area contributed by atoms with E-state index in [4.69, 9.17) is 23.8 Å². The summed E-state index contributed by atoms with van der Waals surface area (Å²) in [5.41, 5.74) is 0.357. The number of hydrogen-bond acceptors (Lipinski definition) is 9. The van der Waals surface area contributed by atoms with Crippen LogP contribution in [-0.4, -0.2) is 91.3 Å². The van der Waals surface area contributed by atoms with Crippen molar-refractivity contribution in [3.63, 3.8) is 0 Å². The van der Waals surface area contributed by atoms with E-state index < -0.39 is 34.7 Å². The van der Waals surface area contributed by atoms with E-state index in [1.54, 1.807) is 0 Å². The molecule has 0 heterocycles. The van der Waals surface area contributed by atoms with Crippen molar-refractivity contribution in [2.24, 2.45) is 34.5 Å². The van der Waals surface area contributed by atoms with Gasteiger partial charge in [0.2, 0.25) is 0 Å². The van der Waals surface area contributed by atoms with Gasteiger partial charge in [0.05, 0.1) is 24.4 Å². The smallest absolute Gasteiger partial charge is 0.303 e. The Morgan fingerprint density at radius 2 is 1.19 bits per heavy atom. The van der Waals surface area contributed by atoms with Gasteiger partial charge in [-0.3, -0.25) is 19.2 Å². The van der Waals surface area contributed by atoms with Gasteiger partial charge in [-0.1, -0.05) is 144 Å². The predicted molar refractivity (Wildman–Crippen MR) is 300 cm³/mol. The number of aliphatic carboxylic acids is 2. The van der Waals surface area contributed by atoms with Crippen molar-refractivity contribution < 1.29 is 53.2 Å². The molecule has 3 unspecified atom stereocenters. The maximum absolute atomic E-state index is 12.3.